The third kappa shape index (κ3) is 3.87. The molecule has 0 fully saturated rings. The quantitative estimate of drug-likeness (QED) is 0.904. The Balaban J connectivity index is 1.90. The van der Waals surface area contributed by atoms with Gasteiger partial charge in [0.15, 0.2) is 0 Å². The summed E-state index contributed by atoms with van der Waals surface area (Å²) in [6, 6.07) is 10.0. The number of carbonyl (C=O) groups is 1. The van der Waals surface area contributed by atoms with Crippen LogP contribution in [0.25, 0.3) is 0 Å². The molecule has 1 amide bonds. The number of amides is 1. The van der Waals surface area contributed by atoms with Gasteiger partial charge in [-0.05, 0) is 58.2 Å². The van der Waals surface area contributed by atoms with Crippen LogP contribution in [0, 0.1) is 11.6 Å². The number of carbonyl (C=O) groups excluding carboxylic acids is 1. The van der Waals surface area contributed by atoms with Gasteiger partial charge in [-0.15, -0.1) is 0 Å². The molecule has 2 nitrogen and oxygen atoms in total. The average Bonchev–Trinajstić information content (AvgIpc) is 2.41. The fourth-order valence-corrected chi connectivity index (χ4v) is 2.27. The third-order valence-electron chi connectivity index (χ3n) is 2.79. The standard InChI is InChI=1S/C15H12BrF2NO/c16-14-9-12(18)5-6-13(14)15(20)19-8-7-10-1-3-11(17)4-2-10/h1-6,9H,7-8H2,(H,19,20). The highest BCUT2D eigenvalue weighted by Crippen LogP contribution is 2.17. The Morgan fingerprint density at radius 3 is 2.35 bits per heavy atom. The van der Waals surface area contributed by atoms with Crippen LogP contribution in [0.2, 0.25) is 0 Å². The minimum absolute atomic E-state index is 0.279. The number of halogens is 3. The summed E-state index contributed by atoms with van der Waals surface area (Å²) in [7, 11) is 0. The monoisotopic (exact) mass is 339 g/mol. The van der Waals surface area contributed by atoms with Gasteiger partial charge in [0.05, 0.1) is 5.56 Å². The van der Waals surface area contributed by atoms with E-state index in [0.29, 0.717) is 23.0 Å². The van der Waals surface area contributed by atoms with Crippen LogP contribution >= 0.6 is 15.9 Å². The van der Waals surface area contributed by atoms with Crippen LogP contribution in [0.3, 0.4) is 0 Å². The fourth-order valence-electron chi connectivity index (χ4n) is 1.74. The van der Waals surface area contributed by atoms with E-state index >= 15 is 0 Å². The van der Waals surface area contributed by atoms with Gasteiger partial charge in [0.1, 0.15) is 11.6 Å². The van der Waals surface area contributed by atoms with Crippen molar-refractivity contribution in [3.63, 3.8) is 0 Å². The zero-order chi connectivity index (χ0) is 14.5. The van der Waals surface area contributed by atoms with Gasteiger partial charge in [0.25, 0.3) is 5.91 Å². The molecule has 2 aromatic rings. The maximum absolute atomic E-state index is 12.9. The van der Waals surface area contributed by atoms with Crippen LogP contribution in [0.4, 0.5) is 8.78 Å². The minimum Gasteiger partial charge on any atom is -0.352 e. The molecule has 2 rings (SSSR count). The summed E-state index contributed by atoms with van der Waals surface area (Å²) in [6.45, 7) is 0.425. The van der Waals surface area contributed by atoms with Crippen LogP contribution in [0.5, 0.6) is 0 Å². The van der Waals surface area contributed by atoms with E-state index in [2.05, 4.69) is 21.2 Å². The lowest BCUT2D eigenvalue weighted by molar-refractivity contribution is 0.0953. The molecule has 0 saturated heterocycles. The van der Waals surface area contributed by atoms with Crippen molar-refractivity contribution in [3.8, 4) is 0 Å². The van der Waals surface area contributed by atoms with E-state index < -0.39 is 5.82 Å². The first-order valence-corrected chi connectivity index (χ1v) is 6.83. The first-order chi connectivity index (χ1) is 9.56. The molecule has 0 aliphatic rings. The molecule has 0 aromatic heterocycles. The van der Waals surface area contributed by atoms with Gasteiger partial charge in [-0.2, -0.15) is 0 Å². The Kier molecular flexibility index (Phi) is 4.84. The molecule has 20 heavy (non-hydrogen) atoms. The van der Waals surface area contributed by atoms with Gasteiger partial charge < -0.3 is 5.32 Å². The van der Waals surface area contributed by atoms with Crippen molar-refractivity contribution >= 4 is 21.8 Å². The van der Waals surface area contributed by atoms with Crippen LogP contribution < -0.4 is 5.32 Å². The average molecular weight is 340 g/mol. The van der Waals surface area contributed by atoms with Crippen LogP contribution in [0.1, 0.15) is 15.9 Å². The van der Waals surface area contributed by atoms with Gasteiger partial charge in [-0.1, -0.05) is 12.1 Å². The SMILES string of the molecule is O=C(NCCc1ccc(F)cc1)c1ccc(F)cc1Br. The molecule has 104 valence electrons. The van der Waals surface area contributed by atoms with Crippen LogP contribution in [-0.4, -0.2) is 12.5 Å². The lowest BCUT2D eigenvalue weighted by Gasteiger charge is -2.07. The number of rotatable bonds is 4. The molecule has 5 heteroatoms. The topological polar surface area (TPSA) is 29.1 Å². The number of nitrogens with one attached hydrogen (secondary N) is 1. The molecule has 0 unspecified atom stereocenters. The molecular weight excluding hydrogens is 328 g/mol. The smallest absolute Gasteiger partial charge is 0.252 e. The molecule has 0 spiro atoms. The van der Waals surface area contributed by atoms with Gasteiger partial charge in [0.2, 0.25) is 0 Å². The van der Waals surface area contributed by atoms with Gasteiger partial charge in [-0.25, -0.2) is 8.78 Å². The molecule has 0 radical (unpaired) electrons. The highest BCUT2D eigenvalue weighted by molar-refractivity contribution is 9.10. The van der Waals surface area contributed by atoms with Gasteiger partial charge >= 0.3 is 0 Å². The van der Waals surface area contributed by atoms with E-state index in [4.69, 9.17) is 0 Å². The second-order valence-corrected chi connectivity index (χ2v) is 5.11. The Bertz CT molecular complexity index is 614. The van der Waals surface area contributed by atoms with Crippen molar-refractivity contribution in [2.45, 2.75) is 6.42 Å². The second-order valence-electron chi connectivity index (χ2n) is 4.26. The van der Waals surface area contributed by atoms with Crippen molar-refractivity contribution in [3.05, 3.63) is 69.7 Å². The highest BCUT2D eigenvalue weighted by Gasteiger charge is 2.10. The Labute approximate surface area is 123 Å². The number of benzene rings is 2. The summed E-state index contributed by atoms with van der Waals surface area (Å²) in [6.07, 6.45) is 0.602. The Morgan fingerprint density at radius 2 is 1.70 bits per heavy atom. The summed E-state index contributed by atoms with van der Waals surface area (Å²) in [5.74, 6) is -0.966. The zero-order valence-corrected chi connectivity index (χ0v) is 12.1. The van der Waals surface area contributed by atoms with Crippen LogP contribution in [-0.2, 0) is 6.42 Å². The zero-order valence-electron chi connectivity index (χ0n) is 10.5. The van der Waals surface area contributed by atoms with Crippen molar-refractivity contribution < 1.29 is 13.6 Å². The predicted molar refractivity (Wildman–Crippen MR) is 76.5 cm³/mol. The molecule has 0 aliphatic heterocycles. The van der Waals surface area contributed by atoms with Gasteiger partial charge in [-0.3, -0.25) is 4.79 Å². The molecular formula is C15H12BrF2NO. The second kappa shape index (κ2) is 6.61. The van der Waals surface area contributed by atoms with E-state index in [9.17, 15) is 13.6 Å². The molecule has 1 N–H and O–H groups in total. The predicted octanol–water partition coefficient (Wildman–Crippen LogP) is 3.70. The van der Waals surface area contributed by atoms with Gasteiger partial charge in [0, 0.05) is 11.0 Å². The minimum atomic E-state index is -0.403. The van der Waals surface area contributed by atoms with Crippen molar-refractivity contribution in [1.82, 2.24) is 5.32 Å². The van der Waals surface area contributed by atoms with E-state index in [1.165, 1.54) is 30.3 Å². The maximum Gasteiger partial charge on any atom is 0.252 e. The van der Waals surface area contributed by atoms with E-state index in [-0.39, 0.29) is 11.7 Å². The summed E-state index contributed by atoms with van der Waals surface area (Å²) < 4.78 is 26.1. The lowest BCUT2D eigenvalue weighted by atomic mass is 10.1. The summed E-state index contributed by atoms with van der Waals surface area (Å²) in [5.41, 5.74) is 1.32. The van der Waals surface area contributed by atoms with E-state index in [1.54, 1.807) is 12.1 Å². The summed E-state index contributed by atoms with van der Waals surface area (Å²) in [4.78, 5) is 11.9. The largest absolute Gasteiger partial charge is 0.352 e. The van der Waals surface area contributed by atoms with Crippen molar-refractivity contribution in [1.29, 1.82) is 0 Å². The molecule has 0 atom stereocenters. The van der Waals surface area contributed by atoms with Crippen LogP contribution in [0.15, 0.2) is 46.9 Å². The number of hydrogen-bond acceptors (Lipinski definition) is 1. The normalized spacial score (nSPS) is 10.3. The highest BCUT2D eigenvalue weighted by atomic mass is 79.9. The van der Waals surface area contributed by atoms with Crippen molar-refractivity contribution in [2.75, 3.05) is 6.54 Å². The Hall–Kier alpha value is -1.75. The first-order valence-electron chi connectivity index (χ1n) is 6.04. The molecule has 0 aliphatic carbocycles. The Morgan fingerprint density at radius 1 is 1.05 bits per heavy atom. The molecule has 2 aromatic carbocycles. The molecule has 0 heterocycles. The summed E-state index contributed by atoms with van der Waals surface area (Å²) >= 11 is 3.15. The molecule has 0 saturated carbocycles. The molecule has 0 bridgehead atoms. The third-order valence-corrected chi connectivity index (χ3v) is 3.44. The van der Waals surface area contributed by atoms with E-state index in [1.807, 2.05) is 0 Å². The first kappa shape index (κ1) is 14.7. The number of hydrogen-bond donors (Lipinski definition) is 1. The van der Waals surface area contributed by atoms with Crippen molar-refractivity contribution in [2.24, 2.45) is 0 Å². The summed E-state index contributed by atoms with van der Waals surface area (Å²) in [5, 5.41) is 2.74. The lowest BCUT2D eigenvalue weighted by Crippen LogP contribution is -2.26. The fraction of sp³-hybridized carbons (Fsp3) is 0.133. The maximum atomic E-state index is 12.9. The van der Waals surface area contributed by atoms with E-state index in [0.717, 1.165) is 5.56 Å².